The molecule has 7 heteroatoms. The van der Waals surface area contributed by atoms with Crippen LogP contribution < -0.4 is 5.32 Å². The van der Waals surface area contributed by atoms with Gasteiger partial charge in [0.15, 0.2) is 0 Å². The lowest BCUT2D eigenvalue weighted by Gasteiger charge is -2.63. The minimum Gasteiger partial charge on any atom is -0.341 e. The van der Waals surface area contributed by atoms with Gasteiger partial charge in [-0.2, -0.15) is 13.2 Å². The van der Waals surface area contributed by atoms with E-state index < -0.39 is 23.0 Å². The number of carbonyl (C=O) groups is 1. The van der Waals surface area contributed by atoms with Crippen molar-refractivity contribution in [2.45, 2.75) is 54.1 Å². The van der Waals surface area contributed by atoms with Gasteiger partial charge < -0.3 is 5.32 Å². The third kappa shape index (κ3) is 3.11. The number of halogens is 5. The maximum absolute atomic E-state index is 12.9. The molecule has 26 heavy (non-hydrogen) atoms. The SMILES string of the molecule is O=C(NC(c1ccccc1)[C@H]1[C@H]2C[C@@H]3C[C@](Cl)(C2)C[C@@]1(Cl)C3)C(F)(F)F. The fourth-order valence-electron chi connectivity index (χ4n) is 5.83. The van der Waals surface area contributed by atoms with Gasteiger partial charge in [-0.05, 0) is 49.5 Å². The van der Waals surface area contributed by atoms with E-state index in [1.165, 1.54) is 0 Å². The third-order valence-corrected chi connectivity index (χ3v) is 7.31. The summed E-state index contributed by atoms with van der Waals surface area (Å²) in [6, 6.07) is 8.07. The summed E-state index contributed by atoms with van der Waals surface area (Å²) < 4.78 is 38.8. The van der Waals surface area contributed by atoms with Gasteiger partial charge in [-0.15, -0.1) is 23.2 Å². The Kier molecular flexibility index (Phi) is 4.27. The highest BCUT2D eigenvalue weighted by molar-refractivity contribution is 6.28. The van der Waals surface area contributed by atoms with Crippen molar-refractivity contribution in [3.63, 3.8) is 0 Å². The van der Waals surface area contributed by atoms with Gasteiger partial charge in [-0.1, -0.05) is 30.3 Å². The van der Waals surface area contributed by atoms with E-state index in [9.17, 15) is 18.0 Å². The van der Waals surface area contributed by atoms with Crippen molar-refractivity contribution < 1.29 is 18.0 Å². The second-order valence-electron chi connectivity index (χ2n) is 8.22. The van der Waals surface area contributed by atoms with Crippen molar-refractivity contribution in [3.05, 3.63) is 35.9 Å². The van der Waals surface area contributed by atoms with Crippen LogP contribution in [-0.2, 0) is 4.79 Å². The average Bonchev–Trinajstić information content (AvgIpc) is 2.50. The Morgan fingerprint density at radius 1 is 1.15 bits per heavy atom. The highest BCUT2D eigenvalue weighted by atomic mass is 35.5. The Hall–Kier alpha value is -0.940. The van der Waals surface area contributed by atoms with Gasteiger partial charge in [0, 0.05) is 10.8 Å². The normalized spacial score (nSPS) is 39.7. The first-order chi connectivity index (χ1) is 12.1. The van der Waals surface area contributed by atoms with E-state index in [-0.39, 0.29) is 16.7 Å². The first kappa shape index (κ1) is 18.4. The van der Waals surface area contributed by atoms with Gasteiger partial charge in [0.25, 0.3) is 0 Å². The predicted octanol–water partition coefficient (Wildman–Crippen LogP) is 5.20. The van der Waals surface area contributed by atoms with Crippen LogP contribution in [0.4, 0.5) is 13.2 Å². The Bertz CT molecular complexity index is 712. The summed E-state index contributed by atoms with van der Waals surface area (Å²) in [5, 5.41) is 2.25. The van der Waals surface area contributed by atoms with Gasteiger partial charge in [-0.3, -0.25) is 4.79 Å². The fourth-order valence-corrected chi connectivity index (χ4v) is 7.33. The number of alkyl halides is 5. The van der Waals surface area contributed by atoms with Crippen molar-refractivity contribution in [3.8, 4) is 0 Å². The third-order valence-electron chi connectivity index (χ3n) is 6.32. The standard InChI is InChI=1S/C19H20Cl2F3NO/c20-17-7-11-6-13(9-17)14(18(21,8-11)10-17)15(12-4-2-1-3-5-12)25-16(26)19(22,23)24/h1-5,11,13-15H,6-10H2,(H,25,26)/t11-,13+,14-,15?,17+,18+/m1/s1. The Labute approximate surface area is 160 Å². The Morgan fingerprint density at radius 3 is 2.42 bits per heavy atom. The summed E-state index contributed by atoms with van der Waals surface area (Å²) in [5.74, 6) is -1.64. The van der Waals surface area contributed by atoms with E-state index >= 15 is 0 Å². The molecule has 4 aliphatic carbocycles. The molecule has 0 aromatic heterocycles. The molecule has 1 amide bonds. The second kappa shape index (κ2) is 6.03. The molecule has 0 radical (unpaired) electrons. The molecule has 4 bridgehead atoms. The Morgan fingerprint density at radius 2 is 1.85 bits per heavy atom. The molecule has 0 spiro atoms. The van der Waals surface area contributed by atoms with Crippen LogP contribution in [0.1, 0.15) is 43.7 Å². The van der Waals surface area contributed by atoms with Crippen LogP contribution in [0.5, 0.6) is 0 Å². The molecule has 6 atom stereocenters. The first-order valence-corrected chi connectivity index (χ1v) is 9.66. The molecular weight excluding hydrogens is 386 g/mol. The number of benzene rings is 1. The maximum Gasteiger partial charge on any atom is 0.471 e. The number of amides is 1. The van der Waals surface area contributed by atoms with Crippen molar-refractivity contribution in [1.29, 1.82) is 0 Å². The summed E-state index contributed by atoms with van der Waals surface area (Å²) in [6.07, 6.45) is -1.01. The first-order valence-electron chi connectivity index (χ1n) is 8.90. The van der Waals surface area contributed by atoms with E-state index in [1.807, 2.05) is 0 Å². The van der Waals surface area contributed by atoms with Crippen LogP contribution in [0.2, 0.25) is 0 Å². The minimum absolute atomic E-state index is 0.116. The molecule has 1 N–H and O–H groups in total. The van der Waals surface area contributed by atoms with Gasteiger partial charge in [0.1, 0.15) is 0 Å². The molecule has 0 saturated heterocycles. The van der Waals surface area contributed by atoms with Gasteiger partial charge in [0.2, 0.25) is 0 Å². The molecule has 4 aliphatic rings. The van der Waals surface area contributed by atoms with Gasteiger partial charge in [-0.25, -0.2) is 0 Å². The lowest BCUT2D eigenvalue weighted by atomic mass is 9.49. The molecular formula is C19H20Cl2F3NO. The second-order valence-corrected chi connectivity index (χ2v) is 9.78. The molecule has 1 unspecified atom stereocenters. The summed E-state index contributed by atoms with van der Waals surface area (Å²) in [4.78, 5) is 10.7. The summed E-state index contributed by atoms with van der Waals surface area (Å²) in [6.45, 7) is 0. The van der Waals surface area contributed by atoms with Crippen LogP contribution in [-0.4, -0.2) is 21.8 Å². The van der Waals surface area contributed by atoms with Crippen molar-refractivity contribution >= 4 is 29.1 Å². The van der Waals surface area contributed by atoms with Crippen LogP contribution in [0.3, 0.4) is 0 Å². The molecule has 142 valence electrons. The number of nitrogens with one attached hydrogen (secondary N) is 1. The predicted molar refractivity (Wildman–Crippen MR) is 94.1 cm³/mol. The summed E-state index contributed by atoms with van der Waals surface area (Å²) >= 11 is 13.8. The topological polar surface area (TPSA) is 29.1 Å². The zero-order valence-electron chi connectivity index (χ0n) is 14.0. The minimum atomic E-state index is -4.92. The van der Waals surface area contributed by atoms with Crippen LogP contribution in [0.25, 0.3) is 0 Å². The quantitative estimate of drug-likeness (QED) is 0.687. The maximum atomic E-state index is 12.9. The number of carbonyl (C=O) groups excluding carboxylic acids is 1. The largest absolute Gasteiger partial charge is 0.471 e. The number of rotatable bonds is 3. The van der Waals surface area contributed by atoms with E-state index in [1.54, 1.807) is 30.3 Å². The molecule has 1 aromatic carbocycles. The van der Waals surface area contributed by atoms with Gasteiger partial charge >= 0.3 is 12.1 Å². The van der Waals surface area contributed by atoms with E-state index in [0.717, 1.165) is 25.7 Å². The van der Waals surface area contributed by atoms with E-state index in [4.69, 9.17) is 23.2 Å². The van der Waals surface area contributed by atoms with E-state index in [2.05, 4.69) is 5.32 Å². The number of hydrogen-bond donors (Lipinski definition) is 1. The van der Waals surface area contributed by atoms with Gasteiger partial charge in [0.05, 0.1) is 10.9 Å². The zero-order valence-corrected chi connectivity index (χ0v) is 15.5. The van der Waals surface area contributed by atoms with Crippen LogP contribution in [0.15, 0.2) is 30.3 Å². The van der Waals surface area contributed by atoms with Crippen LogP contribution >= 0.6 is 23.2 Å². The lowest BCUT2D eigenvalue weighted by Crippen LogP contribution is -2.62. The molecule has 4 fully saturated rings. The summed E-state index contributed by atoms with van der Waals surface area (Å²) in [7, 11) is 0. The van der Waals surface area contributed by atoms with Crippen molar-refractivity contribution in [2.75, 3.05) is 0 Å². The van der Waals surface area contributed by atoms with Crippen LogP contribution in [0, 0.1) is 17.8 Å². The molecule has 5 rings (SSSR count). The Balaban J connectivity index is 1.71. The van der Waals surface area contributed by atoms with E-state index in [0.29, 0.717) is 17.9 Å². The zero-order chi connectivity index (χ0) is 18.7. The molecule has 0 heterocycles. The number of hydrogen-bond acceptors (Lipinski definition) is 1. The lowest BCUT2D eigenvalue weighted by molar-refractivity contribution is -0.175. The molecule has 4 saturated carbocycles. The molecule has 1 aromatic rings. The highest BCUT2D eigenvalue weighted by Gasteiger charge is 2.63. The summed E-state index contributed by atoms with van der Waals surface area (Å²) in [5.41, 5.74) is 0.659. The smallest absolute Gasteiger partial charge is 0.341 e. The molecule has 0 aliphatic heterocycles. The fraction of sp³-hybridized carbons (Fsp3) is 0.632. The average molecular weight is 406 g/mol. The highest BCUT2D eigenvalue weighted by Crippen LogP contribution is 2.66. The monoisotopic (exact) mass is 405 g/mol. The molecule has 2 nitrogen and oxygen atoms in total. The van der Waals surface area contributed by atoms with Crippen molar-refractivity contribution in [2.24, 2.45) is 17.8 Å². The van der Waals surface area contributed by atoms with Crippen molar-refractivity contribution in [1.82, 2.24) is 5.32 Å².